The molecule has 0 radical (unpaired) electrons. The van der Waals surface area contributed by atoms with E-state index < -0.39 is 6.10 Å². The number of hydrogen-bond donors (Lipinski definition) is 0. The van der Waals surface area contributed by atoms with E-state index >= 15 is 0 Å². The number of rotatable bonds is 43. The Kier molecular flexibility index (Phi) is 44.5. The fraction of sp³-hybridized carbons (Fsp3) is 0.750. The second-order valence-electron chi connectivity index (χ2n) is 16.0. The van der Waals surface area contributed by atoms with Gasteiger partial charge in [-0.05, 0) is 57.8 Å². The first kappa shape index (κ1) is 55.1. The molecule has 0 heterocycles. The summed E-state index contributed by atoms with van der Waals surface area (Å²) in [5.74, 6) is -0.948. The Morgan fingerprint density at radius 2 is 0.672 bits per heavy atom. The number of allylic oxidation sites excluding steroid dienone is 10. The highest BCUT2D eigenvalue weighted by Gasteiger charge is 2.19. The van der Waals surface area contributed by atoms with E-state index in [1.54, 1.807) is 0 Å². The molecule has 334 valence electrons. The van der Waals surface area contributed by atoms with Crippen LogP contribution in [0.1, 0.15) is 233 Å². The van der Waals surface area contributed by atoms with Gasteiger partial charge in [0.05, 0.1) is 0 Å². The van der Waals surface area contributed by atoms with Gasteiger partial charge in [-0.2, -0.15) is 0 Å². The highest BCUT2D eigenvalue weighted by Crippen LogP contribution is 2.15. The molecule has 0 fully saturated rings. The number of carbonyl (C=O) groups excluding carboxylic acids is 3. The molecule has 0 aliphatic heterocycles. The van der Waals surface area contributed by atoms with E-state index in [0.29, 0.717) is 19.3 Å². The van der Waals surface area contributed by atoms with Gasteiger partial charge in [0.25, 0.3) is 0 Å². The van der Waals surface area contributed by atoms with Crippen molar-refractivity contribution in [1.29, 1.82) is 0 Å². The van der Waals surface area contributed by atoms with Gasteiger partial charge < -0.3 is 14.2 Å². The van der Waals surface area contributed by atoms with Crippen molar-refractivity contribution in [3.05, 3.63) is 60.8 Å². The SMILES string of the molecule is CC/C=C\C/C=C\C/C=C\C/C=C\C/C=C\CCCC(=O)OC[C@H](COC(=O)CCCCCCCCCCCCCC)OC(=O)CCCCCCCCCCCCC. The zero-order valence-electron chi connectivity index (χ0n) is 38.0. The van der Waals surface area contributed by atoms with E-state index in [2.05, 4.69) is 81.5 Å². The van der Waals surface area contributed by atoms with Crippen LogP contribution in [0.3, 0.4) is 0 Å². The summed E-state index contributed by atoms with van der Waals surface area (Å²) in [5.41, 5.74) is 0. The molecule has 0 saturated carbocycles. The Hall–Kier alpha value is -2.89. The monoisotopic (exact) mass is 811 g/mol. The van der Waals surface area contributed by atoms with Crippen molar-refractivity contribution in [1.82, 2.24) is 0 Å². The molecule has 0 aromatic heterocycles. The molecule has 58 heavy (non-hydrogen) atoms. The molecule has 0 aromatic carbocycles. The summed E-state index contributed by atoms with van der Waals surface area (Å²) in [6.45, 7) is 6.46. The predicted molar refractivity (Wildman–Crippen MR) is 247 cm³/mol. The number of hydrogen-bond acceptors (Lipinski definition) is 6. The molecule has 0 N–H and O–H groups in total. The third-order valence-corrected chi connectivity index (χ3v) is 10.3. The smallest absolute Gasteiger partial charge is 0.306 e. The molecule has 0 unspecified atom stereocenters. The molecule has 0 bridgehead atoms. The van der Waals surface area contributed by atoms with Crippen molar-refractivity contribution >= 4 is 17.9 Å². The van der Waals surface area contributed by atoms with Gasteiger partial charge in [-0.25, -0.2) is 0 Å². The summed E-state index contributed by atoms with van der Waals surface area (Å²) in [7, 11) is 0. The number of esters is 3. The molecule has 6 heteroatoms. The quantitative estimate of drug-likeness (QED) is 0.0264. The first-order valence-corrected chi connectivity index (χ1v) is 24.3. The van der Waals surface area contributed by atoms with Crippen molar-refractivity contribution < 1.29 is 28.6 Å². The van der Waals surface area contributed by atoms with E-state index in [0.717, 1.165) is 77.0 Å². The van der Waals surface area contributed by atoms with Crippen molar-refractivity contribution in [3.8, 4) is 0 Å². The average molecular weight is 811 g/mol. The van der Waals surface area contributed by atoms with E-state index in [4.69, 9.17) is 14.2 Å². The van der Waals surface area contributed by atoms with Crippen LogP contribution in [0.2, 0.25) is 0 Å². The lowest BCUT2D eigenvalue weighted by Gasteiger charge is -2.18. The highest BCUT2D eigenvalue weighted by atomic mass is 16.6. The zero-order valence-corrected chi connectivity index (χ0v) is 38.0. The van der Waals surface area contributed by atoms with Crippen LogP contribution in [0.15, 0.2) is 60.8 Å². The molecule has 0 aliphatic carbocycles. The minimum atomic E-state index is -0.791. The van der Waals surface area contributed by atoms with Gasteiger partial charge in [-0.1, -0.05) is 216 Å². The Bertz CT molecular complexity index is 1070. The Labute approximate surface area is 358 Å². The van der Waals surface area contributed by atoms with Crippen LogP contribution in [-0.4, -0.2) is 37.2 Å². The normalized spacial score (nSPS) is 12.5. The van der Waals surface area contributed by atoms with Crippen LogP contribution in [0.5, 0.6) is 0 Å². The zero-order chi connectivity index (χ0) is 42.3. The first-order chi connectivity index (χ1) is 28.5. The van der Waals surface area contributed by atoms with E-state index in [9.17, 15) is 14.4 Å². The van der Waals surface area contributed by atoms with Gasteiger partial charge in [0.1, 0.15) is 13.2 Å². The maximum absolute atomic E-state index is 12.7. The standard InChI is InChI=1S/C52H90O6/c1-4-7-10-13-16-19-22-24-25-26-27-28-31-33-36-39-42-45-51(54)57-48-49(58-52(55)46-43-40-37-34-29-21-18-15-12-9-6-3)47-56-50(53)44-41-38-35-32-30-23-20-17-14-11-8-5-2/h7,10,16,19,24-25,27-28,33,36,49H,4-6,8-9,11-15,17-18,20-23,26,29-32,34-35,37-48H2,1-3H3/b10-7-,19-16-,25-24-,28-27-,36-33-/t49-/m0/s1. The summed E-state index contributed by atoms with van der Waals surface area (Å²) in [5, 5.41) is 0. The Morgan fingerprint density at radius 3 is 1.05 bits per heavy atom. The minimum Gasteiger partial charge on any atom is -0.462 e. The second-order valence-corrected chi connectivity index (χ2v) is 16.0. The molecular weight excluding hydrogens is 721 g/mol. The minimum absolute atomic E-state index is 0.0889. The molecule has 0 amide bonds. The lowest BCUT2D eigenvalue weighted by atomic mass is 10.0. The molecule has 0 aromatic rings. The van der Waals surface area contributed by atoms with Crippen LogP contribution in [0, 0.1) is 0 Å². The number of unbranched alkanes of at least 4 members (excludes halogenated alkanes) is 22. The first-order valence-electron chi connectivity index (χ1n) is 24.3. The third-order valence-electron chi connectivity index (χ3n) is 10.3. The van der Waals surface area contributed by atoms with Crippen molar-refractivity contribution in [2.45, 2.75) is 239 Å². The maximum atomic E-state index is 12.7. The highest BCUT2D eigenvalue weighted by molar-refractivity contribution is 5.71. The molecule has 1 atom stereocenters. The maximum Gasteiger partial charge on any atom is 0.306 e. The summed E-state index contributed by atoms with van der Waals surface area (Å²) >= 11 is 0. The molecular formula is C52H90O6. The van der Waals surface area contributed by atoms with Gasteiger partial charge in [0.15, 0.2) is 6.10 Å². The van der Waals surface area contributed by atoms with Crippen molar-refractivity contribution in [3.63, 3.8) is 0 Å². The summed E-state index contributed by atoms with van der Waals surface area (Å²) in [6.07, 6.45) is 56.3. The predicted octanol–water partition coefficient (Wildman–Crippen LogP) is 15.7. The van der Waals surface area contributed by atoms with Crippen LogP contribution in [0.25, 0.3) is 0 Å². The van der Waals surface area contributed by atoms with E-state index in [-0.39, 0.29) is 37.5 Å². The average Bonchev–Trinajstić information content (AvgIpc) is 3.22. The van der Waals surface area contributed by atoms with Crippen LogP contribution in [-0.2, 0) is 28.6 Å². The molecule has 0 rings (SSSR count). The lowest BCUT2D eigenvalue weighted by molar-refractivity contribution is -0.167. The van der Waals surface area contributed by atoms with Gasteiger partial charge in [0.2, 0.25) is 0 Å². The topological polar surface area (TPSA) is 78.9 Å². The van der Waals surface area contributed by atoms with Crippen LogP contribution >= 0.6 is 0 Å². The summed E-state index contributed by atoms with van der Waals surface area (Å²) in [4.78, 5) is 37.8. The molecule has 6 nitrogen and oxygen atoms in total. The van der Waals surface area contributed by atoms with Crippen LogP contribution < -0.4 is 0 Å². The van der Waals surface area contributed by atoms with E-state index in [1.807, 2.05) is 0 Å². The van der Waals surface area contributed by atoms with E-state index in [1.165, 1.54) is 109 Å². The van der Waals surface area contributed by atoms with Gasteiger partial charge >= 0.3 is 17.9 Å². The van der Waals surface area contributed by atoms with Gasteiger partial charge in [-0.15, -0.1) is 0 Å². The second kappa shape index (κ2) is 46.8. The summed E-state index contributed by atoms with van der Waals surface area (Å²) in [6, 6.07) is 0. The largest absolute Gasteiger partial charge is 0.462 e. The molecule has 0 saturated heterocycles. The van der Waals surface area contributed by atoms with Crippen LogP contribution in [0.4, 0.5) is 0 Å². The van der Waals surface area contributed by atoms with Crippen molar-refractivity contribution in [2.75, 3.05) is 13.2 Å². The number of carbonyl (C=O) groups is 3. The Balaban J connectivity index is 4.44. The third kappa shape index (κ3) is 44.2. The van der Waals surface area contributed by atoms with Gasteiger partial charge in [0, 0.05) is 19.3 Å². The van der Waals surface area contributed by atoms with Crippen molar-refractivity contribution in [2.24, 2.45) is 0 Å². The lowest BCUT2D eigenvalue weighted by Crippen LogP contribution is -2.30. The molecule has 0 spiro atoms. The fourth-order valence-corrected chi connectivity index (χ4v) is 6.65. The summed E-state index contributed by atoms with van der Waals surface area (Å²) < 4.78 is 16.7. The number of ether oxygens (including phenoxy) is 3. The Morgan fingerprint density at radius 1 is 0.362 bits per heavy atom. The van der Waals surface area contributed by atoms with Gasteiger partial charge in [-0.3, -0.25) is 14.4 Å². The fourth-order valence-electron chi connectivity index (χ4n) is 6.65. The molecule has 0 aliphatic rings.